The molecule has 0 unspecified atom stereocenters. The Labute approximate surface area is 121 Å². The number of hydrogen-bond acceptors (Lipinski definition) is 5. The number of aliphatic hydroxyl groups excluding tert-OH is 1. The van der Waals surface area contributed by atoms with Crippen molar-refractivity contribution in [2.75, 3.05) is 6.61 Å². The molecule has 0 bridgehead atoms. The number of benzene rings is 1. The van der Waals surface area contributed by atoms with Crippen molar-refractivity contribution < 1.29 is 24.7 Å². The van der Waals surface area contributed by atoms with Crippen molar-refractivity contribution in [1.82, 2.24) is 5.32 Å². The van der Waals surface area contributed by atoms with E-state index >= 15 is 0 Å². The minimum atomic E-state index is -1.30. The number of carbonyl (C=O) groups is 2. The highest BCUT2D eigenvalue weighted by atomic mass is 79.9. The highest BCUT2D eigenvalue weighted by molar-refractivity contribution is 9.10. The van der Waals surface area contributed by atoms with E-state index in [9.17, 15) is 19.7 Å². The van der Waals surface area contributed by atoms with E-state index in [-0.39, 0.29) is 17.7 Å². The minimum absolute atomic E-state index is 0.0524. The number of halogens is 1. The smallest absolute Gasteiger partial charge is 0.326 e. The average Bonchev–Trinajstić information content (AvgIpc) is 2.38. The largest absolute Gasteiger partial charge is 0.480 e. The van der Waals surface area contributed by atoms with Crippen LogP contribution in [0.15, 0.2) is 22.7 Å². The second kappa shape index (κ2) is 6.96. The third kappa shape index (κ3) is 4.00. The van der Waals surface area contributed by atoms with Crippen LogP contribution in [0, 0.1) is 10.1 Å². The van der Waals surface area contributed by atoms with Gasteiger partial charge in [-0.05, 0) is 22.0 Å². The van der Waals surface area contributed by atoms with Crippen molar-refractivity contribution in [3.05, 3.63) is 38.3 Å². The number of nitrogens with one attached hydrogen (secondary N) is 1. The number of carboxylic acids is 1. The molecule has 0 saturated carbocycles. The number of carboxylic acid groups (broad SMARTS) is 1. The predicted octanol–water partition coefficient (Wildman–Crippen LogP) is 0.923. The SMILES string of the molecule is O=C(N[C@H](CCO)C(=O)O)c1cc([N+](=O)[O-])ccc1Br. The van der Waals surface area contributed by atoms with E-state index in [1.54, 1.807) is 0 Å². The van der Waals surface area contributed by atoms with Crippen LogP contribution in [0.5, 0.6) is 0 Å². The van der Waals surface area contributed by atoms with Crippen LogP contribution in [0.1, 0.15) is 16.8 Å². The van der Waals surface area contributed by atoms with Gasteiger partial charge in [-0.15, -0.1) is 0 Å². The van der Waals surface area contributed by atoms with Gasteiger partial charge in [0, 0.05) is 29.6 Å². The van der Waals surface area contributed by atoms with Gasteiger partial charge in [-0.3, -0.25) is 14.9 Å². The first-order chi connectivity index (χ1) is 9.36. The molecule has 0 saturated heterocycles. The first kappa shape index (κ1) is 16.1. The number of nitrogens with zero attached hydrogens (tertiary/aromatic N) is 1. The van der Waals surface area contributed by atoms with E-state index in [1.165, 1.54) is 12.1 Å². The van der Waals surface area contributed by atoms with Gasteiger partial charge in [0.15, 0.2) is 0 Å². The van der Waals surface area contributed by atoms with Crippen LogP contribution in [-0.2, 0) is 4.79 Å². The molecule has 0 spiro atoms. The number of aliphatic carboxylic acids is 1. The maximum atomic E-state index is 11.9. The number of aliphatic hydroxyl groups is 1. The molecule has 0 fully saturated rings. The molecule has 108 valence electrons. The third-order valence-electron chi connectivity index (χ3n) is 2.43. The zero-order valence-corrected chi connectivity index (χ0v) is 11.7. The molecule has 3 N–H and O–H groups in total. The molecule has 0 aromatic heterocycles. The van der Waals surface area contributed by atoms with Gasteiger partial charge in [-0.2, -0.15) is 0 Å². The van der Waals surface area contributed by atoms with E-state index in [4.69, 9.17) is 10.2 Å². The van der Waals surface area contributed by atoms with E-state index in [0.717, 1.165) is 6.07 Å². The van der Waals surface area contributed by atoms with Gasteiger partial charge in [0.25, 0.3) is 11.6 Å². The fraction of sp³-hybridized carbons (Fsp3) is 0.273. The lowest BCUT2D eigenvalue weighted by atomic mass is 10.1. The summed E-state index contributed by atoms with van der Waals surface area (Å²) in [6.07, 6.45) is -0.159. The normalized spacial score (nSPS) is 11.7. The van der Waals surface area contributed by atoms with E-state index in [0.29, 0.717) is 4.47 Å². The standard InChI is InChI=1S/C11H11BrN2O6/c12-8-2-1-6(14(19)20)5-7(8)10(16)13-9(3-4-15)11(17)18/h1-2,5,9,15H,3-4H2,(H,13,16)(H,17,18)/t9-/m1/s1. The summed E-state index contributed by atoms with van der Waals surface area (Å²) in [5, 5.41) is 30.4. The zero-order valence-electron chi connectivity index (χ0n) is 10.1. The number of nitro groups is 1. The van der Waals surface area contributed by atoms with E-state index in [1.807, 2.05) is 0 Å². The highest BCUT2D eigenvalue weighted by Gasteiger charge is 2.22. The van der Waals surface area contributed by atoms with Crippen molar-refractivity contribution in [3.8, 4) is 0 Å². The molecule has 1 rings (SSSR count). The molecule has 0 aliphatic carbocycles. The molecule has 1 aromatic carbocycles. The Morgan fingerprint density at radius 2 is 2.10 bits per heavy atom. The van der Waals surface area contributed by atoms with Gasteiger partial charge >= 0.3 is 5.97 Å². The van der Waals surface area contributed by atoms with Crippen LogP contribution < -0.4 is 5.32 Å². The van der Waals surface area contributed by atoms with Crippen LogP contribution in [0.4, 0.5) is 5.69 Å². The summed E-state index contributed by atoms with van der Waals surface area (Å²) in [5.41, 5.74) is -0.337. The molecular formula is C11H11BrN2O6. The van der Waals surface area contributed by atoms with Crippen molar-refractivity contribution in [2.45, 2.75) is 12.5 Å². The molecule has 0 heterocycles. The maximum absolute atomic E-state index is 11.9. The Bertz CT molecular complexity index is 548. The highest BCUT2D eigenvalue weighted by Crippen LogP contribution is 2.22. The predicted molar refractivity (Wildman–Crippen MR) is 71.4 cm³/mol. The monoisotopic (exact) mass is 346 g/mol. The molecular weight excluding hydrogens is 336 g/mol. The molecule has 1 amide bonds. The van der Waals surface area contributed by atoms with Gasteiger partial charge < -0.3 is 15.5 Å². The fourth-order valence-electron chi connectivity index (χ4n) is 1.42. The Balaban J connectivity index is 2.99. The molecule has 0 aliphatic heterocycles. The van der Waals surface area contributed by atoms with Crippen LogP contribution in [0.2, 0.25) is 0 Å². The Hall–Kier alpha value is -2.00. The summed E-state index contributed by atoms with van der Waals surface area (Å²) in [6.45, 7) is -0.409. The second-order valence-electron chi connectivity index (χ2n) is 3.80. The molecule has 20 heavy (non-hydrogen) atoms. The van der Waals surface area contributed by atoms with Crippen molar-refractivity contribution in [3.63, 3.8) is 0 Å². The molecule has 1 atom stereocenters. The summed E-state index contributed by atoms with van der Waals surface area (Å²) < 4.78 is 0.300. The molecule has 8 nitrogen and oxygen atoms in total. The quantitative estimate of drug-likeness (QED) is 0.518. The number of non-ortho nitro benzene ring substituents is 1. The number of carbonyl (C=O) groups excluding carboxylic acids is 1. The van der Waals surface area contributed by atoms with Crippen LogP contribution in [-0.4, -0.2) is 39.7 Å². The van der Waals surface area contributed by atoms with E-state index < -0.39 is 29.4 Å². The van der Waals surface area contributed by atoms with Gasteiger partial charge in [-0.25, -0.2) is 4.79 Å². The lowest BCUT2D eigenvalue weighted by Gasteiger charge is -2.13. The molecule has 1 aromatic rings. The number of hydrogen-bond donors (Lipinski definition) is 3. The van der Waals surface area contributed by atoms with Crippen LogP contribution in [0.25, 0.3) is 0 Å². The summed E-state index contributed by atoms with van der Waals surface area (Å²) >= 11 is 3.07. The lowest BCUT2D eigenvalue weighted by molar-refractivity contribution is -0.384. The van der Waals surface area contributed by atoms with Gasteiger partial charge in [0.2, 0.25) is 0 Å². The summed E-state index contributed by atoms with van der Waals surface area (Å²) in [7, 11) is 0. The Kier molecular flexibility index (Phi) is 5.59. The van der Waals surface area contributed by atoms with Gasteiger partial charge in [0.1, 0.15) is 6.04 Å². The first-order valence-corrected chi connectivity index (χ1v) is 6.24. The Morgan fingerprint density at radius 3 is 2.60 bits per heavy atom. The maximum Gasteiger partial charge on any atom is 0.326 e. The van der Waals surface area contributed by atoms with Gasteiger partial charge in [0.05, 0.1) is 10.5 Å². The first-order valence-electron chi connectivity index (χ1n) is 5.45. The number of amides is 1. The lowest BCUT2D eigenvalue weighted by Crippen LogP contribution is -2.41. The summed E-state index contributed by atoms with van der Waals surface area (Å²) in [4.78, 5) is 32.8. The van der Waals surface area contributed by atoms with E-state index in [2.05, 4.69) is 21.2 Å². The summed E-state index contributed by atoms with van der Waals surface area (Å²) in [6, 6.07) is 2.31. The fourth-order valence-corrected chi connectivity index (χ4v) is 1.85. The van der Waals surface area contributed by atoms with Crippen molar-refractivity contribution >= 4 is 33.5 Å². The molecule has 0 radical (unpaired) electrons. The van der Waals surface area contributed by atoms with Gasteiger partial charge in [-0.1, -0.05) is 0 Å². The second-order valence-corrected chi connectivity index (χ2v) is 4.65. The average molecular weight is 347 g/mol. The Morgan fingerprint density at radius 1 is 1.45 bits per heavy atom. The van der Waals surface area contributed by atoms with Crippen LogP contribution >= 0.6 is 15.9 Å². The molecule has 0 aliphatic rings. The summed E-state index contributed by atoms with van der Waals surface area (Å²) in [5.74, 6) is -2.07. The minimum Gasteiger partial charge on any atom is -0.480 e. The van der Waals surface area contributed by atoms with Crippen LogP contribution in [0.3, 0.4) is 0 Å². The number of nitro benzene ring substituents is 1. The topological polar surface area (TPSA) is 130 Å². The molecule has 9 heteroatoms. The number of rotatable bonds is 6. The van der Waals surface area contributed by atoms with Crippen molar-refractivity contribution in [2.24, 2.45) is 0 Å². The van der Waals surface area contributed by atoms with Crippen molar-refractivity contribution in [1.29, 1.82) is 0 Å². The third-order valence-corrected chi connectivity index (χ3v) is 3.12. The zero-order chi connectivity index (χ0) is 15.3.